The first-order valence-electron chi connectivity index (χ1n) is 14.3. The molecule has 17 heteroatoms. The van der Waals surface area contributed by atoms with E-state index in [0.717, 1.165) is 0 Å². The Morgan fingerprint density at radius 3 is 2.43 bits per heavy atom. The van der Waals surface area contributed by atoms with Crippen molar-refractivity contribution in [2.45, 2.75) is 99.2 Å². The molecule has 1 amide bonds. The Kier molecular flexibility index (Phi) is 10.5. The van der Waals surface area contributed by atoms with Gasteiger partial charge in [-0.05, 0) is 26.3 Å². The quantitative estimate of drug-likeness (QED) is 0.118. The second-order valence-corrected chi connectivity index (χ2v) is 11.6. The van der Waals surface area contributed by atoms with Crippen LogP contribution in [0.25, 0.3) is 0 Å². The highest BCUT2D eigenvalue weighted by molar-refractivity contribution is 5.81. The summed E-state index contributed by atoms with van der Waals surface area (Å²) in [5.74, 6) is -0.997. The molecule has 0 radical (unpaired) electrons. The molecule has 2 saturated heterocycles. The molecule has 0 spiro atoms. The van der Waals surface area contributed by atoms with Gasteiger partial charge in [0.2, 0.25) is 0 Å². The SMILES string of the molecule is Cc1cn([C@H]2C[C@H](N)[C@@H](C(=O)NCCCN[C@H]3[C@@H](O)[C@H](N)C[C@H](N)[C@H]3[C@H]3O[C@H](CN)[C@@H](O)[C@H](O)[C@H]3N)O2)c(=O)[nH]c1=O. The standard InChI is InChI=1S/C25H45N9O8/c1-9-8-34(25(40)33-23(9)38)14-6-12(29)21(42-14)24(39)32-4-2-3-31-17-15(10(27)5-11(28)18(17)35)22-16(30)20(37)19(36)13(7-26)41-22/h8,10-22,31,35-37H,2-7,26-30H2,1H3,(H,32,39)(H,33,38,40)/t10-,11+,12-,13+,14+,15+,16+,17+,18-,19+,20+,21-,22+/m0/s1. The topological polar surface area (TPSA) is 305 Å². The van der Waals surface area contributed by atoms with Gasteiger partial charge in [0, 0.05) is 61.4 Å². The maximum atomic E-state index is 12.8. The van der Waals surface area contributed by atoms with Crippen LogP contribution < -0.4 is 50.6 Å². The van der Waals surface area contributed by atoms with Crippen LogP contribution in [0.1, 0.15) is 31.1 Å². The zero-order chi connectivity index (χ0) is 30.9. The lowest BCUT2D eigenvalue weighted by Crippen LogP contribution is -2.72. The molecule has 3 heterocycles. The van der Waals surface area contributed by atoms with Crippen LogP contribution in [-0.4, -0.2) is 117 Å². The minimum atomic E-state index is -1.29. The summed E-state index contributed by atoms with van der Waals surface area (Å²) in [6, 6.07) is -3.42. The van der Waals surface area contributed by atoms with Gasteiger partial charge in [-0.1, -0.05) is 0 Å². The number of ether oxygens (including phenoxy) is 2. The second-order valence-electron chi connectivity index (χ2n) is 11.6. The number of rotatable bonds is 9. The van der Waals surface area contributed by atoms with Gasteiger partial charge in [-0.25, -0.2) is 4.79 Å². The molecule has 0 aromatic carbocycles. The molecule has 1 aromatic rings. The monoisotopic (exact) mass is 599 g/mol. The van der Waals surface area contributed by atoms with Crippen LogP contribution >= 0.6 is 0 Å². The van der Waals surface area contributed by atoms with Crippen molar-refractivity contribution in [3.8, 4) is 0 Å². The van der Waals surface area contributed by atoms with E-state index in [0.29, 0.717) is 24.9 Å². The summed E-state index contributed by atoms with van der Waals surface area (Å²) in [5, 5.41) is 37.8. The lowest BCUT2D eigenvalue weighted by atomic mass is 9.70. The minimum absolute atomic E-state index is 0.0420. The smallest absolute Gasteiger partial charge is 0.330 e. The summed E-state index contributed by atoms with van der Waals surface area (Å²) in [5.41, 5.74) is 29.9. The first-order chi connectivity index (χ1) is 19.8. The van der Waals surface area contributed by atoms with Crippen molar-refractivity contribution >= 4 is 5.91 Å². The van der Waals surface area contributed by atoms with E-state index >= 15 is 0 Å². The van der Waals surface area contributed by atoms with Crippen LogP contribution in [0.4, 0.5) is 0 Å². The Balaban J connectivity index is 1.32. The number of hydrogen-bond donors (Lipinski definition) is 11. The summed E-state index contributed by atoms with van der Waals surface area (Å²) >= 11 is 0. The van der Waals surface area contributed by atoms with Crippen LogP contribution in [0, 0.1) is 12.8 Å². The number of amides is 1. The number of aromatic amines is 1. The van der Waals surface area contributed by atoms with Crippen molar-refractivity contribution in [3.05, 3.63) is 32.6 Å². The fourth-order valence-corrected chi connectivity index (χ4v) is 6.22. The normalized spacial score (nSPS) is 40.6. The van der Waals surface area contributed by atoms with Gasteiger partial charge in [-0.3, -0.25) is 19.1 Å². The lowest BCUT2D eigenvalue weighted by Gasteiger charge is -2.51. The van der Waals surface area contributed by atoms with E-state index in [1.807, 2.05) is 0 Å². The van der Waals surface area contributed by atoms with Crippen LogP contribution in [0.3, 0.4) is 0 Å². The molecule has 1 saturated carbocycles. The summed E-state index contributed by atoms with van der Waals surface area (Å²) in [6.45, 7) is 2.10. The van der Waals surface area contributed by atoms with E-state index in [-0.39, 0.29) is 19.5 Å². The molecule has 42 heavy (non-hydrogen) atoms. The third kappa shape index (κ3) is 6.61. The highest BCUT2D eigenvalue weighted by Crippen LogP contribution is 2.34. The average molecular weight is 600 g/mol. The van der Waals surface area contributed by atoms with E-state index in [1.165, 1.54) is 10.8 Å². The second kappa shape index (κ2) is 13.6. The van der Waals surface area contributed by atoms with Crippen molar-refractivity contribution in [2.75, 3.05) is 19.6 Å². The minimum Gasteiger partial charge on any atom is -0.390 e. The molecule has 3 aliphatic rings. The molecule has 16 N–H and O–H groups in total. The molecule has 17 nitrogen and oxygen atoms in total. The van der Waals surface area contributed by atoms with E-state index < -0.39 is 96.1 Å². The molecule has 1 aliphatic carbocycles. The molecule has 1 aromatic heterocycles. The maximum absolute atomic E-state index is 12.8. The predicted molar refractivity (Wildman–Crippen MR) is 150 cm³/mol. The fourth-order valence-electron chi connectivity index (χ4n) is 6.22. The van der Waals surface area contributed by atoms with Gasteiger partial charge in [-0.2, -0.15) is 0 Å². The zero-order valence-electron chi connectivity index (χ0n) is 23.5. The Labute approximate surface area is 242 Å². The molecule has 238 valence electrons. The summed E-state index contributed by atoms with van der Waals surface area (Å²) < 4.78 is 13.0. The van der Waals surface area contributed by atoms with E-state index in [1.54, 1.807) is 6.92 Å². The van der Waals surface area contributed by atoms with Gasteiger partial charge in [0.1, 0.15) is 18.4 Å². The number of nitrogens with one attached hydrogen (secondary N) is 3. The largest absolute Gasteiger partial charge is 0.390 e. The van der Waals surface area contributed by atoms with Crippen molar-refractivity contribution < 1.29 is 29.6 Å². The Bertz CT molecular complexity index is 1200. The van der Waals surface area contributed by atoms with Crippen LogP contribution in [-0.2, 0) is 14.3 Å². The van der Waals surface area contributed by atoms with Gasteiger partial charge in [0.25, 0.3) is 11.5 Å². The van der Waals surface area contributed by atoms with E-state index in [4.69, 9.17) is 38.1 Å². The number of nitrogens with two attached hydrogens (primary N) is 5. The van der Waals surface area contributed by atoms with Gasteiger partial charge >= 0.3 is 5.69 Å². The number of aliphatic hydroxyl groups excluding tert-OH is 3. The molecular weight excluding hydrogens is 554 g/mol. The third-order valence-corrected chi connectivity index (χ3v) is 8.62. The molecule has 4 rings (SSSR count). The van der Waals surface area contributed by atoms with Gasteiger partial charge in [0.05, 0.1) is 24.4 Å². The highest BCUT2D eigenvalue weighted by Gasteiger charge is 2.52. The Morgan fingerprint density at radius 1 is 1.02 bits per heavy atom. The van der Waals surface area contributed by atoms with Gasteiger partial charge in [-0.15, -0.1) is 0 Å². The summed E-state index contributed by atoms with van der Waals surface area (Å²) in [7, 11) is 0. The number of nitrogens with zero attached hydrogens (tertiary/aromatic N) is 1. The number of hydrogen-bond acceptors (Lipinski definition) is 14. The Morgan fingerprint density at radius 2 is 1.74 bits per heavy atom. The first-order valence-corrected chi connectivity index (χ1v) is 14.3. The number of carbonyl (C=O) groups is 1. The van der Waals surface area contributed by atoms with Crippen LogP contribution in [0.2, 0.25) is 0 Å². The van der Waals surface area contributed by atoms with E-state index in [2.05, 4.69) is 15.6 Å². The number of carbonyl (C=O) groups excluding carboxylic acids is 1. The van der Waals surface area contributed by atoms with Crippen LogP contribution in [0.5, 0.6) is 0 Å². The van der Waals surface area contributed by atoms with Gasteiger partial charge in [0.15, 0.2) is 6.10 Å². The van der Waals surface area contributed by atoms with E-state index in [9.17, 15) is 29.7 Å². The Hall–Kier alpha value is -2.29. The summed E-state index contributed by atoms with van der Waals surface area (Å²) in [6.07, 6.45) is -4.67. The maximum Gasteiger partial charge on any atom is 0.330 e. The molecule has 0 bridgehead atoms. The van der Waals surface area contributed by atoms with Crippen molar-refractivity contribution in [2.24, 2.45) is 34.6 Å². The number of aryl methyl sites for hydroxylation is 1. The fraction of sp³-hybridized carbons (Fsp3) is 0.800. The van der Waals surface area contributed by atoms with Crippen molar-refractivity contribution in [1.29, 1.82) is 0 Å². The lowest BCUT2D eigenvalue weighted by molar-refractivity contribution is -0.199. The molecule has 3 fully saturated rings. The molecule has 0 unspecified atom stereocenters. The van der Waals surface area contributed by atoms with Crippen molar-refractivity contribution in [3.63, 3.8) is 0 Å². The van der Waals surface area contributed by atoms with Crippen molar-refractivity contribution in [1.82, 2.24) is 20.2 Å². The molecule has 2 aliphatic heterocycles. The molecule has 13 atom stereocenters. The zero-order valence-corrected chi connectivity index (χ0v) is 23.5. The average Bonchev–Trinajstić information content (AvgIpc) is 3.33. The van der Waals surface area contributed by atoms with Gasteiger partial charge < -0.3 is 64.1 Å². The molecular formula is C25H45N9O8. The summed E-state index contributed by atoms with van der Waals surface area (Å²) in [4.78, 5) is 38.9. The van der Waals surface area contributed by atoms with Crippen LogP contribution in [0.15, 0.2) is 15.8 Å². The third-order valence-electron chi connectivity index (χ3n) is 8.62. The number of aliphatic hydroxyl groups is 3. The highest BCUT2D eigenvalue weighted by atomic mass is 16.5. The first kappa shape index (κ1) is 32.6. The number of H-pyrrole nitrogens is 1. The number of aromatic nitrogens is 2. The predicted octanol–water partition coefficient (Wildman–Crippen LogP) is -6.27.